The van der Waals surface area contributed by atoms with E-state index in [1.165, 1.54) is 25.0 Å². The van der Waals surface area contributed by atoms with Gasteiger partial charge in [-0.1, -0.05) is 51.3 Å². The molecule has 1 amide bonds. The van der Waals surface area contributed by atoms with Crippen molar-refractivity contribution in [2.24, 2.45) is 0 Å². The maximum absolute atomic E-state index is 11.4. The second-order valence-corrected chi connectivity index (χ2v) is 8.54. The van der Waals surface area contributed by atoms with Crippen LogP contribution in [-0.2, 0) is 27.1 Å². The zero-order valence-electron chi connectivity index (χ0n) is 21.7. The van der Waals surface area contributed by atoms with Crippen LogP contribution in [0.3, 0.4) is 0 Å². The maximum atomic E-state index is 11.4. The van der Waals surface area contributed by atoms with E-state index in [9.17, 15) is 24.9 Å². The van der Waals surface area contributed by atoms with Gasteiger partial charge in [-0.25, -0.2) is 4.79 Å². The van der Waals surface area contributed by atoms with Crippen molar-refractivity contribution in [3.8, 4) is 17.2 Å². The highest BCUT2D eigenvalue weighted by Gasteiger charge is 2.04. The van der Waals surface area contributed by atoms with E-state index in [4.69, 9.17) is 9.47 Å². The minimum atomic E-state index is -0.413. The zero-order valence-corrected chi connectivity index (χ0v) is 21.7. The molecule has 0 aliphatic carbocycles. The van der Waals surface area contributed by atoms with E-state index in [-0.39, 0.29) is 24.1 Å². The van der Waals surface area contributed by atoms with Gasteiger partial charge in [-0.05, 0) is 54.7 Å². The number of carbonyl (C=O) groups excluding carboxylic acids is 2. The van der Waals surface area contributed by atoms with Crippen LogP contribution in [0.15, 0.2) is 36.4 Å². The Labute approximate surface area is 214 Å². The molecule has 2 aromatic rings. The minimum Gasteiger partial charge on any atom is -0.508 e. The molecule has 0 aliphatic rings. The quantitative estimate of drug-likeness (QED) is 0.161. The molecule has 0 bridgehead atoms. The summed E-state index contributed by atoms with van der Waals surface area (Å²) in [6, 6.07) is 9.97. The largest absolute Gasteiger partial charge is 0.508 e. The van der Waals surface area contributed by atoms with Crippen LogP contribution in [0, 0.1) is 6.92 Å². The summed E-state index contributed by atoms with van der Waals surface area (Å²) in [6.07, 6.45) is 6.51. The van der Waals surface area contributed by atoms with Crippen LogP contribution in [0.2, 0.25) is 0 Å². The lowest BCUT2D eigenvalue weighted by Crippen LogP contribution is -2.26. The first-order valence-corrected chi connectivity index (χ1v) is 12.6. The Morgan fingerprint density at radius 1 is 0.778 bits per heavy atom. The highest BCUT2D eigenvalue weighted by Crippen LogP contribution is 2.25. The Morgan fingerprint density at radius 3 is 2.03 bits per heavy atom. The number of rotatable bonds is 13. The number of esters is 1. The fourth-order valence-corrected chi connectivity index (χ4v) is 3.21. The predicted octanol–water partition coefficient (Wildman–Crippen LogP) is 5.53. The Bertz CT molecular complexity index is 930. The number of ether oxygens (including phenoxy) is 2. The van der Waals surface area contributed by atoms with Gasteiger partial charge in [0.2, 0.25) is 0 Å². The summed E-state index contributed by atoms with van der Waals surface area (Å²) >= 11 is 0. The predicted molar refractivity (Wildman–Crippen MR) is 139 cm³/mol. The monoisotopic (exact) mass is 503 g/mol. The van der Waals surface area contributed by atoms with Crippen LogP contribution in [0.4, 0.5) is 4.79 Å². The number of benzene rings is 2. The Balaban J connectivity index is 0.000000369. The van der Waals surface area contributed by atoms with E-state index in [2.05, 4.69) is 12.2 Å². The summed E-state index contributed by atoms with van der Waals surface area (Å²) in [6.45, 7) is 7.22. The molecule has 0 atom stereocenters. The molecule has 2 rings (SSSR count). The average molecular weight is 504 g/mol. The van der Waals surface area contributed by atoms with Crippen LogP contribution in [0.1, 0.15) is 69.1 Å². The van der Waals surface area contributed by atoms with Crippen LogP contribution >= 0.6 is 0 Å². The molecular weight excluding hydrogens is 462 g/mol. The fourth-order valence-electron chi connectivity index (χ4n) is 3.21. The first-order valence-electron chi connectivity index (χ1n) is 12.6. The Hall–Kier alpha value is -3.42. The normalized spacial score (nSPS) is 10.2. The lowest BCUT2D eigenvalue weighted by atomic mass is 10.1. The number of hydrogen-bond donors (Lipinski definition) is 4. The number of hydrogen-bond acceptors (Lipinski definition) is 7. The van der Waals surface area contributed by atoms with E-state index < -0.39 is 6.09 Å². The molecule has 0 unspecified atom stereocenters. The van der Waals surface area contributed by atoms with Gasteiger partial charge < -0.3 is 30.1 Å². The molecule has 36 heavy (non-hydrogen) atoms. The molecule has 8 nitrogen and oxygen atoms in total. The topological polar surface area (TPSA) is 125 Å². The first kappa shape index (κ1) is 30.6. The average Bonchev–Trinajstić information content (AvgIpc) is 2.84. The Kier molecular flexibility index (Phi) is 15.2. The molecule has 8 heteroatoms. The number of phenols is 3. The maximum Gasteiger partial charge on any atom is 0.407 e. The van der Waals surface area contributed by atoms with Crippen molar-refractivity contribution in [3.05, 3.63) is 53.1 Å². The van der Waals surface area contributed by atoms with E-state index in [1.807, 2.05) is 26.0 Å². The smallest absolute Gasteiger partial charge is 0.407 e. The van der Waals surface area contributed by atoms with E-state index in [0.717, 1.165) is 36.0 Å². The van der Waals surface area contributed by atoms with Crippen LogP contribution < -0.4 is 5.32 Å². The number of aromatic hydroxyl groups is 3. The summed E-state index contributed by atoms with van der Waals surface area (Å²) in [5, 5.41) is 30.5. The van der Waals surface area contributed by atoms with Crippen molar-refractivity contribution in [1.29, 1.82) is 0 Å². The van der Waals surface area contributed by atoms with Gasteiger partial charge >= 0.3 is 12.1 Å². The van der Waals surface area contributed by atoms with Crippen LogP contribution in [0.5, 0.6) is 17.2 Å². The highest BCUT2D eigenvalue weighted by molar-refractivity contribution is 5.69. The summed E-state index contributed by atoms with van der Waals surface area (Å²) in [5.74, 6) is -0.160. The summed E-state index contributed by atoms with van der Waals surface area (Å²) in [5.41, 5.74) is 2.72. The fraction of sp³-hybridized carbons (Fsp3) is 0.500. The molecule has 0 heterocycles. The van der Waals surface area contributed by atoms with Gasteiger partial charge in [0.15, 0.2) is 11.5 Å². The van der Waals surface area contributed by atoms with E-state index in [0.29, 0.717) is 38.2 Å². The van der Waals surface area contributed by atoms with Crippen molar-refractivity contribution >= 4 is 12.1 Å². The second-order valence-electron chi connectivity index (χ2n) is 8.54. The van der Waals surface area contributed by atoms with Crippen molar-refractivity contribution in [2.75, 3.05) is 19.8 Å². The molecule has 0 saturated carbocycles. The van der Waals surface area contributed by atoms with Crippen LogP contribution in [0.25, 0.3) is 0 Å². The number of amides is 1. The van der Waals surface area contributed by atoms with Crippen molar-refractivity contribution in [2.45, 2.75) is 72.1 Å². The van der Waals surface area contributed by atoms with E-state index in [1.54, 1.807) is 12.1 Å². The molecule has 0 aliphatic heterocycles. The third-order valence-corrected chi connectivity index (χ3v) is 5.33. The summed E-state index contributed by atoms with van der Waals surface area (Å²) < 4.78 is 10.1. The van der Waals surface area contributed by atoms with Gasteiger partial charge in [-0.3, -0.25) is 4.79 Å². The number of nitrogens with one attached hydrogen (secondary N) is 1. The number of unbranched alkanes of at least 4 members (excludes halogenated alkanes) is 3. The Morgan fingerprint density at radius 2 is 1.42 bits per heavy atom. The van der Waals surface area contributed by atoms with Gasteiger partial charge in [0.25, 0.3) is 0 Å². The SMILES string of the molecule is CCCC(=O)OCCc1ccc(O)c(C)c1.CCCCCCNC(=O)OCCc1ccc(O)c(O)c1. The van der Waals surface area contributed by atoms with Gasteiger partial charge in [0.05, 0.1) is 13.2 Å². The van der Waals surface area contributed by atoms with Gasteiger partial charge in [0.1, 0.15) is 5.75 Å². The number of carbonyl (C=O) groups is 2. The lowest BCUT2D eigenvalue weighted by molar-refractivity contribution is -0.143. The zero-order chi connectivity index (χ0) is 26.8. The van der Waals surface area contributed by atoms with Crippen LogP contribution in [-0.4, -0.2) is 47.1 Å². The second kappa shape index (κ2) is 17.9. The lowest BCUT2D eigenvalue weighted by Gasteiger charge is -2.07. The summed E-state index contributed by atoms with van der Waals surface area (Å²) in [4.78, 5) is 22.5. The van der Waals surface area contributed by atoms with Crippen molar-refractivity contribution in [3.63, 3.8) is 0 Å². The molecule has 2 aromatic carbocycles. The molecule has 200 valence electrons. The third kappa shape index (κ3) is 13.5. The molecule has 0 fully saturated rings. The molecule has 4 N–H and O–H groups in total. The first-order chi connectivity index (χ1) is 17.3. The minimum absolute atomic E-state index is 0.141. The highest BCUT2D eigenvalue weighted by atomic mass is 16.5. The molecule has 0 aromatic heterocycles. The molecule has 0 radical (unpaired) electrons. The molecule has 0 saturated heterocycles. The molecular formula is C28H41NO7. The number of alkyl carbamates (subject to hydrolysis) is 1. The van der Waals surface area contributed by atoms with Gasteiger partial charge in [-0.15, -0.1) is 0 Å². The van der Waals surface area contributed by atoms with Gasteiger partial charge in [-0.2, -0.15) is 0 Å². The number of phenolic OH excluding ortho intramolecular Hbond substituents is 3. The van der Waals surface area contributed by atoms with Crippen molar-refractivity contribution < 1.29 is 34.4 Å². The van der Waals surface area contributed by atoms with Crippen molar-refractivity contribution in [1.82, 2.24) is 5.32 Å². The standard InChI is InChI=1S/C15H23NO4.C13H18O3/c1-2-3-4-5-9-16-15(19)20-10-8-12-6-7-13(17)14(18)11-12;1-3-4-13(15)16-8-7-11-5-6-12(14)10(2)9-11/h6-7,11,17-18H,2-5,8-10H2,1H3,(H,16,19);5-6,9,14H,3-4,7-8H2,1-2H3. The summed E-state index contributed by atoms with van der Waals surface area (Å²) in [7, 11) is 0. The third-order valence-electron chi connectivity index (χ3n) is 5.33. The molecule has 0 spiro atoms. The number of aryl methyl sites for hydroxylation is 1. The van der Waals surface area contributed by atoms with E-state index >= 15 is 0 Å². The van der Waals surface area contributed by atoms with Gasteiger partial charge in [0, 0.05) is 25.8 Å².